The fraction of sp³-hybridized carbons (Fsp3) is 0.455. The highest BCUT2D eigenvalue weighted by molar-refractivity contribution is 5.45. The number of nitrogens with one attached hydrogen (secondary N) is 1. The van der Waals surface area contributed by atoms with Crippen LogP contribution in [0.15, 0.2) is 18.2 Å². The van der Waals surface area contributed by atoms with Gasteiger partial charge < -0.3 is 10.2 Å². The Kier molecular flexibility index (Phi) is 3.89. The standard InChI is InChI=1S/C11H17FN2/c1-9-8-10(4-5-11(9)12)13-6-7-14(2)3/h4-5,8,13H,6-7H2,1-3H3. The van der Waals surface area contributed by atoms with Crippen LogP contribution in [0.3, 0.4) is 0 Å². The maximum atomic E-state index is 12.9. The molecule has 1 aromatic rings. The van der Waals surface area contributed by atoms with Gasteiger partial charge in [-0.15, -0.1) is 0 Å². The molecule has 0 radical (unpaired) electrons. The first-order valence-corrected chi connectivity index (χ1v) is 4.74. The second-order valence-electron chi connectivity index (χ2n) is 3.69. The van der Waals surface area contributed by atoms with Crippen LogP contribution in [-0.4, -0.2) is 32.1 Å². The van der Waals surface area contributed by atoms with Gasteiger partial charge in [-0.1, -0.05) is 0 Å². The zero-order chi connectivity index (χ0) is 10.6. The number of aryl methyl sites for hydroxylation is 1. The van der Waals surface area contributed by atoms with E-state index < -0.39 is 0 Å². The van der Waals surface area contributed by atoms with Gasteiger partial charge in [-0.2, -0.15) is 0 Å². The van der Waals surface area contributed by atoms with Crippen LogP contribution in [0.25, 0.3) is 0 Å². The molecule has 1 aromatic carbocycles. The molecular formula is C11H17FN2. The van der Waals surface area contributed by atoms with Gasteiger partial charge in [0.2, 0.25) is 0 Å². The second-order valence-corrected chi connectivity index (χ2v) is 3.69. The summed E-state index contributed by atoms with van der Waals surface area (Å²) in [6.07, 6.45) is 0. The summed E-state index contributed by atoms with van der Waals surface area (Å²) in [5.41, 5.74) is 1.66. The van der Waals surface area contributed by atoms with Gasteiger partial charge in [-0.25, -0.2) is 4.39 Å². The summed E-state index contributed by atoms with van der Waals surface area (Å²) in [5, 5.41) is 3.24. The minimum Gasteiger partial charge on any atom is -0.384 e. The molecule has 0 saturated heterocycles. The number of halogens is 1. The van der Waals surface area contributed by atoms with E-state index >= 15 is 0 Å². The molecule has 0 aromatic heterocycles. The molecule has 0 fully saturated rings. The lowest BCUT2D eigenvalue weighted by atomic mass is 10.2. The molecule has 3 heteroatoms. The van der Waals surface area contributed by atoms with Crippen molar-refractivity contribution in [2.75, 3.05) is 32.5 Å². The Morgan fingerprint density at radius 3 is 2.64 bits per heavy atom. The van der Waals surface area contributed by atoms with Crippen LogP contribution in [0.5, 0.6) is 0 Å². The van der Waals surface area contributed by atoms with Gasteiger partial charge in [0.25, 0.3) is 0 Å². The number of rotatable bonds is 4. The van der Waals surface area contributed by atoms with E-state index in [1.54, 1.807) is 13.0 Å². The van der Waals surface area contributed by atoms with E-state index in [0.717, 1.165) is 18.8 Å². The molecule has 1 rings (SSSR count). The number of nitrogens with zero attached hydrogens (tertiary/aromatic N) is 1. The van der Waals surface area contributed by atoms with Crippen LogP contribution < -0.4 is 5.32 Å². The van der Waals surface area contributed by atoms with Gasteiger partial charge in [0.15, 0.2) is 0 Å². The topological polar surface area (TPSA) is 15.3 Å². The van der Waals surface area contributed by atoms with Crippen LogP contribution in [0.4, 0.5) is 10.1 Å². The molecule has 0 bridgehead atoms. The highest BCUT2D eigenvalue weighted by Gasteiger charge is 1.98. The SMILES string of the molecule is Cc1cc(NCCN(C)C)ccc1F. The number of benzene rings is 1. The average Bonchev–Trinajstić information content (AvgIpc) is 2.10. The van der Waals surface area contributed by atoms with Gasteiger partial charge in [-0.05, 0) is 44.8 Å². The lowest BCUT2D eigenvalue weighted by Crippen LogP contribution is -2.20. The van der Waals surface area contributed by atoms with Crippen molar-refractivity contribution in [3.8, 4) is 0 Å². The van der Waals surface area contributed by atoms with Crippen LogP contribution in [0, 0.1) is 12.7 Å². The second kappa shape index (κ2) is 4.96. The monoisotopic (exact) mass is 196 g/mol. The van der Waals surface area contributed by atoms with E-state index in [1.165, 1.54) is 6.07 Å². The third-order valence-corrected chi connectivity index (χ3v) is 2.05. The molecule has 0 atom stereocenters. The van der Waals surface area contributed by atoms with Crippen molar-refractivity contribution in [1.29, 1.82) is 0 Å². The number of hydrogen-bond acceptors (Lipinski definition) is 2. The summed E-state index contributed by atoms with van der Waals surface area (Å²) in [4.78, 5) is 2.10. The summed E-state index contributed by atoms with van der Waals surface area (Å²) >= 11 is 0. The molecule has 1 N–H and O–H groups in total. The molecule has 0 spiro atoms. The number of hydrogen-bond donors (Lipinski definition) is 1. The molecule has 0 amide bonds. The van der Waals surface area contributed by atoms with Gasteiger partial charge in [0, 0.05) is 18.8 Å². The summed E-state index contributed by atoms with van der Waals surface area (Å²) in [6.45, 7) is 3.61. The lowest BCUT2D eigenvalue weighted by molar-refractivity contribution is 0.425. The van der Waals surface area contributed by atoms with E-state index in [9.17, 15) is 4.39 Å². The fourth-order valence-corrected chi connectivity index (χ4v) is 1.18. The highest BCUT2D eigenvalue weighted by atomic mass is 19.1. The number of likely N-dealkylation sites (N-methyl/N-ethyl adjacent to an activating group) is 1. The molecular weight excluding hydrogens is 179 g/mol. The van der Waals surface area contributed by atoms with Crippen LogP contribution in [0.2, 0.25) is 0 Å². The zero-order valence-electron chi connectivity index (χ0n) is 8.97. The summed E-state index contributed by atoms with van der Waals surface area (Å²) in [7, 11) is 4.05. The van der Waals surface area contributed by atoms with E-state index in [4.69, 9.17) is 0 Å². The Hall–Kier alpha value is -1.09. The first-order chi connectivity index (χ1) is 6.59. The minimum absolute atomic E-state index is 0.150. The average molecular weight is 196 g/mol. The Bertz CT molecular complexity index is 297. The Morgan fingerprint density at radius 1 is 1.36 bits per heavy atom. The van der Waals surface area contributed by atoms with Crippen LogP contribution in [0.1, 0.15) is 5.56 Å². The first-order valence-electron chi connectivity index (χ1n) is 4.74. The fourth-order valence-electron chi connectivity index (χ4n) is 1.18. The van der Waals surface area contributed by atoms with Gasteiger partial charge in [-0.3, -0.25) is 0 Å². The van der Waals surface area contributed by atoms with E-state index in [2.05, 4.69) is 10.2 Å². The van der Waals surface area contributed by atoms with E-state index in [1.807, 2.05) is 20.2 Å². The van der Waals surface area contributed by atoms with Crippen LogP contribution >= 0.6 is 0 Å². The zero-order valence-corrected chi connectivity index (χ0v) is 8.97. The molecule has 14 heavy (non-hydrogen) atoms. The maximum Gasteiger partial charge on any atom is 0.126 e. The van der Waals surface area contributed by atoms with Crippen molar-refractivity contribution in [3.63, 3.8) is 0 Å². The van der Waals surface area contributed by atoms with Crippen molar-refractivity contribution < 1.29 is 4.39 Å². The predicted molar refractivity (Wildman–Crippen MR) is 58.2 cm³/mol. The molecule has 0 aliphatic rings. The summed E-state index contributed by atoms with van der Waals surface area (Å²) < 4.78 is 12.9. The molecule has 78 valence electrons. The smallest absolute Gasteiger partial charge is 0.126 e. The molecule has 2 nitrogen and oxygen atoms in total. The molecule has 0 aliphatic heterocycles. The van der Waals surface area contributed by atoms with Crippen molar-refractivity contribution >= 4 is 5.69 Å². The third-order valence-electron chi connectivity index (χ3n) is 2.05. The van der Waals surface area contributed by atoms with Gasteiger partial charge >= 0.3 is 0 Å². The summed E-state index contributed by atoms with van der Waals surface area (Å²) in [5.74, 6) is -0.150. The Morgan fingerprint density at radius 2 is 2.07 bits per heavy atom. The largest absolute Gasteiger partial charge is 0.384 e. The maximum absolute atomic E-state index is 12.9. The Labute approximate surface area is 84.7 Å². The number of anilines is 1. The Balaban J connectivity index is 2.47. The molecule has 0 unspecified atom stereocenters. The van der Waals surface area contributed by atoms with Gasteiger partial charge in [0.1, 0.15) is 5.82 Å². The lowest BCUT2D eigenvalue weighted by Gasteiger charge is -2.11. The molecule has 0 aliphatic carbocycles. The molecule has 0 heterocycles. The molecule has 0 saturated carbocycles. The normalized spacial score (nSPS) is 10.6. The van der Waals surface area contributed by atoms with Crippen LogP contribution in [-0.2, 0) is 0 Å². The predicted octanol–water partition coefficient (Wildman–Crippen LogP) is 2.11. The van der Waals surface area contributed by atoms with Gasteiger partial charge in [0.05, 0.1) is 0 Å². The quantitative estimate of drug-likeness (QED) is 0.793. The van der Waals surface area contributed by atoms with E-state index in [0.29, 0.717) is 5.56 Å². The van der Waals surface area contributed by atoms with Crippen molar-refractivity contribution in [2.45, 2.75) is 6.92 Å². The van der Waals surface area contributed by atoms with Crippen molar-refractivity contribution in [3.05, 3.63) is 29.6 Å². The highest BCUT2D eigenvalue weighted by Crippen LogP contribution is 2.12. The van der Waals surface area contributed by atoms with Crippen molar-refractivity contribution in [2.24, 2.45) is 0 Å². The van der Waals surface area contributed by atoms with E-state index in [-0.39, 0.29) is 5.82 Å². The van der Waals surface area contributed by atoms with Crippen molar-refractivity contribution in [1.82, 2.24) is 4.90 Å². The first kappa shape index (κ1) is 11.0. The minimum atomic E-state index is -0.150. The third kappa shape index (κ3) is 3.34. The summed E-state index contributed by atoms with van der Waals surface area (Å²) in [6, 6.07) is 5.08.